The van der Waals surface area contributed by atoms with Gasteiger partial charge in [-0.3, -0.25) is 0 Å². The quantitative estimate of drug-likeness (QED) is 0.649. The number of nitrogens with one attached hydrogen (secondary N) is 1. The van der Waals surface area contributed by atoms with Gasteiger partial charge in [-0.15, -0.1) is 0 Å². The summed E-state index contributed by atoms with van der Waals surface area (Å²) in [5.74, 6) is 0. The van der Waals surface area contributed by atoms with Gasteiger partial charge in [-0.05, 0) is 50.6 Å². The SMILES string of the molecule is CC(C)OCCCCNC(CC(C)(C)C)c1ccccc1. The molecule has 0 aromatic heterocycles. The molecule has 0 aliphatic rings. The first-order chi connectivity index (χ1) is 9.88. The van der Waals surface area contributed by atoms with E-state index >= 15 is 0 Å². The van der Waals surface area contributed by atoms with Crippen molar-refractivity contribution in [3.8, 4) is 0 Å². The van der Waals surface area contributed by atoms with E-state index < -0.39 is 0 Å². The van der Waals surface area contributed by atoms with Crippen molar-refractivity contribution >= 4 is 0 Å². The molecular formula is C19H33NO. The molecule has 2 nitrogen and oxygen atoms in total. The Kier molecular flexibility index (Phi) is 7.98. The molecular weight excluding hydrogens is 258 g/mol. The minimum Gasteiger partial charge on any atom is -0.379 e. The number of ether oxygens (including phenoxy) is 1. The first-order valence-electron chi connectivity index (χ1n) is 8.28. The molecule has 0 aliphatic heterocycles. The minimum absolute atomic E-state index is 0.328. The van der Waals surface area contributed by atoms with Gasteiger partial charge in [0.05, 0.1) is 6.10 Å². The van der Waals surface area contributed by atoms with Gasteiger partial charge in [-0.25, -0.2) is 0 Å². The third-order valence-electron chi connectivity index (χ3n) is 3.43. The Morgan fingerprint density at radius 1 is 1.05 bits per heavy atom. The summed E-state index contributed by atoms with van der Waals surface area (Å²) in [6, 6.07) is 11.2. The van der Waals surface area contributed by atoms with Crippen LogP contribution in [-0.2, 0) is 4.74 Å². The monoisotopic (exact) mass is 291 g/mol. The molecule has 1 aromatic rings. The molecule has 2 heteroatoms. The molecule has 0 bridgehead atoms. The molecule has 0 heterocycles. The van der Waals surface area contributed by atoms with Gasteiger partial charge >= 0.3 is 0 Å². The third kappa shape index (κ3) is 8.90. The fraction of sp³-hybridized carbons (Fsp3) is 0.684. The summed E-state index contributed by atoms with van der Waals surface area (Å²) in [6.07, 6.45) is 3.79. The predicted molar refractivity (Wildman–Crippen MR) is 91.6 cm³/mol. The summed E-state index contributed by atoms with van der Waals surface area (Å²) in [7, 11) is 0. The second-order valence-corrected chi connectivity index (χ2v) is 7.31. The first-order valence-corrected chi connectivity index (χ1v) is 8.28. The van der Waals surface area contributed by atoms with Crippen LogP contribution in [0.5, 0.6) is 0 Å². The van der Waals surface area contributed by atoms with Gasteiger partial charge in [0.15, 0.2) is 0 Å². The summed E-state index contributed by atoms with van der Waals surface area (Å²) in [6.45, 7) is 13.0. The van der Waals surface area contributed by atoms with Crippen LogP contribution < -0.4 is 5.32 Å². The van der Waals surface area contributed by atoms with Crippen LogP contribution in [0.25, 0.3) is 0 Å². The Morgan fingerprint density at radius 2 is 1.71 bits per heavy atom. The maximum Gasteiger partial charge on any atom is 0.0518 e. The molecule has 1 aromatic carbocycles. The Bertz CT molecular complexity index is 367. The molecule has 21 heavy (non-hydrogen) atoms. The highest BCUT2D eigenvalue weighted by molar-refractivity contribution is 5.19. The van der Waals surface area contributed by atoms with Crippen LogP contribution in [0.3, 0.4) is 0 Å². The molecule has 0 radical (unpaired) electrons. The predicted octanol–water partition coefficient (Wildman–Crippen LogP) is 4.96. The van der Waals surface area contributed by atoms with Gasteiger partial charge in [-0.1, -0.05) is 51.1 Å². The van der Waals surface area contributed by atoms with Gasteiger partial charge in [0, 0.05) is 12.6 Å². The molecule has 0 aliphatic carbocycles. The number of hydrogen-bond donors (Lipinski definition) is 1. The van der Waals surface area contributed by atoms with Crippen LogP contribution in [0.1, 0.15) is 65.5 Å². The average Bonchev–Trinajstić information content (AvgIpc) is 2.40. The maximum absolute atomic E-state index is 5.59. The number of unbranched alkanes of at least 4 members (excludes halogenated alkanes) is 1. The highest BCUT2D eigenvalue weighted by Crippen LogP contribution is 2.29. The Hall–Kier alpha value is -0.860. The van der Waals surface area contributed by atoms with Crippen molar-refractivity contribution in [2.45, 2.75) is 66.0 Å². The zero-order valence-electron chi connectivity index (χ0n) is 14.5. The summed E-state index contributed by atoms with van der Waals surface area (Å²) < 4.78 is 5.59. The third-order valence-corrected chi connectivity index (χ3v) is 3.43. The lowest BCUT2D eigenvalue weighted by atomic mass is 9.85. The average molecular weight is 291 g/mol. The van der Waals surface area contributed by atoms with E-state index in [1.807, 2.05) is 0 Å². The van der Waals surface area contributed by atoms with Gasteiger partial charge in [0.2, 0.25) is 0 Å². The van der Waals surface area contributed by atoms with Gasteiger partial charge in [0.25, 0.3) is 0 Å². The Morgan fingerprint density at radius 3 is 2.29 bits per heavy atom. The highest BCUT2D eigenvalue weighted by atomic mass is 16.5. The molecule has 1 unspecified atom stereocenters. The molecule has 0 saturated heterocycles. The van der Waals surface area contributed by atoms with Crippen molar-refractivity contribution in [3.63, 3.8) is 0 Å². The molecule has 1 N–H and O–H groups in total. The zero-order valence-corrected chi connectivity index (χ0v) is 14.5. The maximum atomic E-state index is 5.59. The topological polar surface area (TPSA) is 21.3 Å². The van der Waals surface area contributed by atoms with Crippen LogP contribution in [0.2, 0.25) is 0 Å². The fourth-order valence-corrected chi connectivity index (χ4v) is 2.43. The van der Waals surface area contributed by atoms with Crippen LogP contribution in [0.4, 0.5) is 0 Å². The standard InChI is InChI=1S/C19H33NO/c1-16(2)21-14-10-9-13-20-18(15-19(3,4)5)17-11-7-6-8-12-17/h6-8,11-12,16,18,20H,9-10,13-15H2,1-5H3. The molecule has 0 fully saturated rings. The molecule has 1 rings (SSSR count). The van der Waals surface area contributed by atoms with Crippen LogP contribution >= 0.6 is 0 Å². The lowest BCUT2D eigenvalue weighted by Crippen LogP contribution is -2.26. The van der Waals surface area contributed by atoms with E-state index in [0.717, 1.165) is 26.0 Å². The van der Waals surface area contributed by atoms with Crippen LogP contribution in [-0.4, -0.2) is 19.3 Å². The first kappa shape index (κ1) is 18.2. The second-order valence-electron chi connectivity index (χ2n) is 7.31. The van der Waals surface area contributed by atoms with Crippen LogP contribution in [0, 0.1) is 5.41 Å². The van der Waals surface area contributed by atoms with E-state index in [2.05, 4.69) is 70.3 Å². The van der Waals surface area contributed by atoms with Crippen molar-refractivity contribution in [1.29, 1.82) is 0 Å². The summed E-state index contributed by atoms with van der Waals surface area (Å²) >= 11 is 0. The molecule has 120 valence electrons. The van der Waals surface area contributed by atoms with Gasteiger partial charge in [0.1, 0.15) is 0 Å². The van der Waals surface area contributed by atoms with E-state index in [9.17, 15) is 0 Å². The molecule has 0 saturated carbocycles. The fourth-order valence-electron chi connectivity index (χ4n) is 2.43. The lowest BCUT2D eigenvalue weighted by molar-refractivity contribution is 0.0758. The zero-order chi connectivity index (χ0) is 15.7. The molecule has 0 amide bonds. The smallest absolute Gasteiger partial charge is 0.0518 e. The summed E-state index contributed by atoms with van der Waals surface area (Å²) in [5.41, 5.74) is 1.72. The van der Waals surface area contributed by atoms with E-state index in [4.69, 9.17) is 4.74 Å². The van der Waals surface area contributed by atoms with E-state index in [-0.39, 0.29) is 0 Å². The van der Waals surface area contributed by atoms with Gasteiger partial charge in [-0.2, -0.15) is 0 Å². The van der Waals surface area contributed by atoms with Crippen molar-refractivity contribution in [2.75, 3.05) is 13.2 Å². The number of rotatable bonds is 9. The van der Waals surface area contributed by atoms with E-state index in [0.29, 0.717) is 17.6 Å². The second kappa shape index (κ2) is 9.22. The molecule has 0 spiro atoms. The number of hydrogen-bond acceptors (Lipinski definition) is 2. The van der Waals surface area contributed by atoms with Crippen molar-refractivity contribution < 1.29 is 4.74 Å². The lowest BCUT2D eigenvalue weighted by Gasteiger charge is -2.27. The summed E-state index contributed by atoms with van der Waals surface area (Å²) in [5, 5.41) is 3.73. The number of benzene rings is 1. The van der Waals surface area contributed by atoms with Crippen molar-refractivity contribution in [3.05, 3.63) is 35.9 Å². The minimum atomic E-state index is 0.328. The Labute approximate surface area is 131 Å². The van der Waals surface area contributed by atoms with Gasteiger partial charge < -0.3 is 10.1 Å². The highest BCUT2D eigenvalue weighted by Gasteiger charge is 2.19. The van der Waals surface area contributed by atoms with Crippen molar-refractivity contribution in [2.24, 2.45) is 5.41 Å². The normalized spacial score (nSPS) is 13.6. The van der Waals surface area contributed by atoms with Crippen molar-refractivity contribution in [1.82, 2.24) is 5.32 Å². The molecule has 1 atom stereocenters. The summed E-state index contributed by atoms with van der Waals surface area (Å²) in [4.78, 5) is 0. The van der Waals surface area contributed by atoms with E-state index in [1.165, 1.54) is 12.0 Å². The van der Waals surface area contributed by atoms with E-state index in [1.54, 1.807) is 0 Å². The Balaban J connectivity index is 2.40. The van der Waals surface area contributed by atoms with Crippen LogP contribution in [0.15, 0.2) is 30.3 Å². The largest absolute Gasteiger partial charge is 0.379 e.